The van der Waals surface area contributed by atoms with Crippen molar-refractivity contribution in [3.63, 3.8) is 0 Å². The van der Waals surface area contributed by atoms with Gasteiger partial charge in [-0.25, -0.2) is 0 Å². The van der Waals surface area contributed by atoms with Gasteiger partial charge in [0.15, 0.2) is 0 Å². The summed E-state index contributed by atoms with van der Waals surface area (Å²) < 4.78 is 0. The fourth-order valence-corrected chi connectivity index (χ4v) is 3.24. The Balaban J connectivity index is 2.17. The molecule has 0 unspecified atom stereocenters. The van der Waals surface area contributed by atoms with Crippen LogP contribution >= 0.6 is 23.2 Å². The summed E-state index contributed by atoms with van der Waals surface area (Å²) in [5.41, 5.74) is 1.83. The topological polar surface area (TPSA) is 37.4 Å². The fraction of sp³-hybridized carbons (Fsp3) is 0.286. The Hall–Kier alpha value is -1.32. The third-order valence-corrected chi connectivity index (χ3v) is 4.15. The lowest BCUT2D eigenvalue weighted by Gasteiger charge is -2.24. The zero-order valence-electron chi connectivity index (χ0n) is 10.1. The maximum atomic E-state index is 12.2. The molecule has 2 aliphatic rings. The number of benzene rings is 1. The van der Waals surface area contributed by atoms with E-state index in [-0.39, 0.29) is 0 Å². The highest BCUT2D eigenvalue weighted by molar-refractivity contribution is 6.52. The molecule has 1 aromatic rings. The van der Waals surface area contributed by atoms with Crippen LogP contribution in [-0.2, 0) is 9.59 Å². The van der Waals surface area contributed by atoms with Crippen LogP contribution in [0.15, 0.2) is 29.5 Å². The summed E-state index contributed by atoms with van der Waals surface area (Å²) in [6.45, 7) is 0. The lowest BCUT2D eigenvalue weighted by atomic mass is 9.96. The van der Waals surface area contributed by atoms with E-state index in [1.54, 1.807) is 18.2 Å². The van der Waals surface area contributed by atoms with Crippen LogP contribution in [0.3, 0.4) is 0 Å². The van der Waals surface area contributed by atoms with E-state index in [1.807, 2.05) is 0 Å². The van der Waals surface area contributed by atoms with Gasteiger partial charge in [-0.1, -0.05) is 29.3 Å². The minimum atomic E-state index is -0.540. The molecule has 5 heteroatoms. The van der Waals surface area contributed by atoms with E-state index in [9.17, 15) is 9.59 Å². The van der Waals surface area contributed by atoms with Gasteiger partial charge in [-0.2, -0.15) is 0 Å². The van der Waals surface area contributed by atoms with Crippen LogP contribution < -0.4 is 4.90 Å². The molecule has 0 aromatic heterocycles. The number of halogens is 2. The maximum absolute atomic E-state index is 12.2. The summed E-state index contributed by atoms with van der Waals surface area (Å²) in [4.78, 5) is 25.6. The molecule has 0 atom stereocenters. The van der Waals surface area contributed by atoms with Crippen molar-refractivity contribution in [2.24, 2.45) is 0 Å². The molecule has 0 saturated heterocycles. The third-order valence-electron chi connectivity index (χ3n) is 3.54. The molecule has 0 saturated carbocycles. The van der Waals surface area contributed by atoms with Gasteiger partial charge in [0.2, 0.25) is 5.78 Å². The Bertz CT molecular complexity index is 602. The van der Waals surface area contributed by atoms with E-state index in [4.69, 9.17) is 23.2 Å². The molecule has 1 heterocycles. The smallest absolute Gasteiger partial charge is 0.283 e. The second-order valence-electron chi connectivity index (χ2n) is 4.67. The van der Waals surface area contributed by atoms with Gasteiger partial charge in [-0.15, -0.1) is 0 Å². The predicted molar refractivity (Wildman–Crippen MR) is 74.4 cm³/mol. The lowest BCUT2D eigenvalue weighted by Crippen LogP contribution is -2.29. The van der Waals surface area contributed by atoms with Gasteiger partial charge in [0.1, 0.15) is 0 Å². The van der Waals surface area contributed by atoms with E-state index in [0.29, 0.717) is 34.1 Å². The third kappa shape index (κ3) is 1.88. The van der Waals surface area contributed by atoms with Crippen LogP contribution in [0.5, 0.6) is 0 Å². The average Bonchev–Trinajstić information content (AvgIpc) is 2.64. The number of ketones is 1. The van der Waals surface area contributed by atoms with Gasteiger partial charge in [0.25, 0.3) is 0 Å². The first-order valence-corrected chi connectivity index (χ1v) is 6.91. The monoisotopic (exact) mass is 295 g/mol. The molecule has 0 spiro atoms. The Labute approximate surface area is 120 Å². The molecule has 98 valence electrons. The zero-order chi connectivity index (χ0) is 13.6. The highest BCUT2D eigenvalue weighted by atomic mass is 35.5. The normalized spacial score (nSPS) is 19.2. The number of carbonyl (C=O) groups is 2. The van der Waals surface area contributed by atoms with Gasteiger partial charge in [0, 0.05) is 11.3 Å². The number of rotatable bonds is 1. The van der Waals surface area contributed by atoms with Crippen molar-refractivity contribution in [1.29, 1.82) is 0 Å². The van der Waals surface area contributed by atoms with Crippen LogP contribution in [0.4, 0.5) is 5.69 Å². The van der Waals surface area contributed by atoms with E-state index >= 15 is 0 Å². The number of allylic oxidation sites excluding steroid dienone is 1. The Kier molecular flexibility index (Phi) is 3.11. The molecular formula is C14H11Cl2NO2. The van der Waals surface area contributed by atoms with Crippen molar-refractivity contribution in [3.8, 4) is 0 Å². The van der Waals surface area contributed by atoms with Gasteiger partial charge in [-0.3, -0.25) is 14.5 Å². The summed E-state index contributed by atoms with van der Waals surface area (Å²) in [5, 5.41) is 0.765. The quantitative estimate of drug-likeness (QED) is 0.740. The zero-order valence-corrected chi connectivity index (χ0v) is 11.6. The standard InChI is InChI=1S/C14H11Cl2NO2/c15-9-5-3-6-10(16)12(9)17-11-7-2-1-4-8(11)13(18)14(17)19/h3,5-6H,1-2,4,7H2. The van der Waals surface area contributed by atoms with E-state index < -0.39 is 11.7 Å². The van der Waals surface area contributed by atoms with Crippen molar-refractivity contribution in [2.75, 3.05) is 4.90 Å². The number of Topliss-reactive ketones (excluding diaryl/α,β-unsaturated/α-hetero) is 1. The summed E-state index contributed by atoms with van der Waals surface area (Å²) in [7, 11) is 0. The maximum Gasteiger partial charge on any atom is 0.303 e. The van der Waals surface area contributed by atoms with Crippen molar-refractivity contribution < 1.29 is 9.59 Å². The minimum absolute atomic E-state index is 0.382. The van der Waals surface area contributed by atoms with Gasteiger partial charge >= 0.3 is 5.91 Å². The Morgan fingerprint density at radius 3 is 2.32 bits per heavy atom. The van der Waals surface area contributed by atoms with Crippen LogP contribution in [0.1, 0.15) is 25.7 Å². The van der Waals surface area contributed by atoms with Crippen LogP contribution in [0.25, 0.3) is 0 Å². The SMILES string of the molecule is O=C1C(=O)N(c2c(Cl)cccc2Cl)C2=C1CCCC2. The highest BCUT2D eigenvalue weighted by Crippen LogP contribution is 2.42. The number of amides is 1. The minimum Gasteiger partial charge on any atom is -0.283 e. The molecule has 1 aliphatic heterocycles. The molecule has 3 rings (SSSR count). The predicted octanol–water partition coefficient (Wildman–Crippen LogP) is 3.74. The first kappa shape index (κ1) is 12.7. The number of nitrogens with zero attached hydrogens (tertiary/aromatic N) is 1. The molecule has 0 N–H and O–H groups in total. The van der Waals surface area contributed by atoms with E-state index in [0.717, 1.165) is 18.5 Å². The number of hydrogen-bond donors (Lipinski definition) is 0. The number of anilines is 1. The van der Waals surface area contributed by atoms with Gasteiger partial charge < -0.3 is 0 Å². The van der Waals surface area contributed by atoms with Crippen molar-refractivity contribution >= 4 is 40.6 Å². The van der Waals surface area contributed by atoms with Crippen molar-refractivity contribution in [1.82, 2.24) is 0 Å². The molecule has 0 fully saturated rings. The summed E-state index contributed by atoms with van der Waals surface area (Å²) in [6.07, 6.45) is 3.30. The van der Waals surface area contributed by atoms with Crippen molar-refractivity contribution in [3.05, 3.63) is 39.5 Å². The van der Waals surface area contributed by atoms with Gasteiger partial charge in [0.05, 0.1) is 15.7 Å². The molecule has 0 radical (unpaired) electrons. The van der Waals surface area contributed by atoms with E-state index in [2.05, 4.69) is 0 Å². The highest BCUT2D eigenvalue weighted by Gasteiger charge is 2.41. The second-order valence-corrected chi connectivity index (χ2v) is 5.49. The van der Waals surface area contributed by atoms with Crippen molar-refractivity contribution in [2.45, 2.75) is 25.7 Å². The fourth-order valence-electron chi connectivity index (χ4n) is 2.67. The number of hydrogen-bond acceptors (Lipinski definition) is 2. The lowest BCUT2D eigenvalue weighted by molar-refractivity contribution is -0.132. The first-order chi connectivity index (χ1) is 9.11. The molecule has 1 aromatic carbocycles. The second kappa shape index (κ2) is 4.66. The molecule has 1 aliphatic carbocycles. The Morgan fingerprint density at radius 2 is 1.63 bits per heavy atom. The van der Waals surface area contributed by atoms with Crippen LogP contribution in [0.2, 0.25) is 10.0 Å². The molecule has 3 nitrogen and oxygen atoms in total. The largest absolute Gasteiger partial charge is 0.303 e. The summed E-state index contributed by atoms with van der Waals surface area (Å²) in [6, 6.07) is 5.05. The molecule has 1 amide bonds. The molecule has 19 heavy (non-hydrogen) atoms. The molecular weight excluding hydrogens is 285 g/mol. The van der Waals surface area contributed by atoms with Gasteiger partial charge in [-0.05, 0) is 37.8 Å². The Morgan fingerprint density at radius 1 is 1.00 bits per heavy atom. The van der Waals surface area contributed by atoms with Crippen LogP contribution in [0, 0.1) is 0 Å². The number of para-hydroxylation sites is 1. The van der Waals surface area contributed by atoms with E-state index in [1.165, 1.54) is 4.90 Å². The first-order valence-electron chi connectivity index (χ1n) is 6.16. The summed E-state index contributed by atoms with van der Waals surface area (Å²) >= 11 is 12.3. The number of carbonyl (C=O) groups excluding carboxylic acids is 2. The summed E-state index contributed by atoms with van der Waals surface area (Å²) in [5.74, 6) is -0.951. The van der Waals surface area contributed by atoms with Crippen LogP contribution in [-0.4, -0.2) is 11.7 Å². The molecule has 0 bridgehead atoms. The average molecular weight is 296 g/mol.